The molecule has 286 valence electrons. The van der Waals surface area contributed by atoms with E-state index in [1.54, 1.807) is 0 Å². The molecule has 0 saturated carbocycles. The normalized spacial score (nSPS) is 11.9. The van der Waals surface area contributed by atoms with Gasteiger partial charge in [-0.15, -0.1) is 0 Å². The van der Waals surface area contributed by atoms with Gasteiger partial charge in [-0.2, -0.15) is 0 Å². The number of benzene rings is 12. The summed E-state index contributed by atoms with van der Waals surface area (Å²) in [6.07, 6.45) is 0. The number of fused-ring (bicyclic) bond motifs is 12. The minimum Gasteiger partial charge on any atom is -0.247 e. The van der Waals surface area contributed by atoms with Crippen LogP contribution < -0.4 is 0 Å². The maximum absolute atomic E-state index is 5.50. The summed E-state index contributed by atoms with van der Waals surface area (Å²) in [6.45, 7) is 0. The van der Waals surface area contributed by atoms with E-state index in [4.69, 9.17) is 4.98 Å². The third-order valence-electron chi connectivity index (χ3n) is 13.2. The summed E-state index contributed by atoms with van der Waals surface area (Å²) in [6, 6.07) is 82.5. The van der Waals surface area contributed by atoms with Crippen LogP contribution in [0.3, 0.4) is 0 Å². The van der Waals surface area contributed by atoms with Crippen LogP contribution >= 0.6 is 0 Å². The van der Waals surface area contributed by atoms with Gasteiger partial charge in [0, 0.05) is 21.7 Å². The Morgan fingerprint density at radius 2 is 0.677 bits per heavy atom. The van der Waals surface area contributed by atoms with Gasteiger partial charge in [0.05, 0.1) is 11.2 Å². The van der Waals surface area contributed by atoms with Gasteiger partial charge in [0.25, 0.3) is 0 Å². The van der Waals surface area contributed by atoms with Gasteiger partial charge in [-0.1, -0.05) is 206 Å². The SMILES string of the molecule is c1cc(-c2ccc3c(-c4cccc5ccccc45)c4ccccc4c(-c4cccc5ccccc45)c3c2)cc(-c2nc3ccccc3c3c4ccccc4c4ccccc4c23)c1. The first-order valence-corrected chi connectivity index (χ1v) is 21.5. The van der Waals surface area contributed by atoms with E-state index in [0.29, 0.717) is 0 Å². The van der Waals surface area contributed by atoms with Crippen LogP contribution in [0.5, 0.6) is 0 Å². The highest BCUT2D eigenvalue weighted by molar-refractivity contribution is 6.33. The summed E-state index contributed by atoms with van der Waals surface area (Å²) in [5.41, 5.74) is 10.4. The molecule has 0 saturated heterocycles. The van der Waals surface area contributed by atoms with E-state index in [-0.39, 0.29) is 0 Å². The Balaban J connectivity index is 1.11. The summed E-state index contributed by atoms with van der Waals surface area (Å²) in [5.74, 6) is 0. The predicted octanol–water partition coefficient (Wildman–Crippen LogP) is 17.0. The van der Waals surface area contributed by atoms with Gasteiger partial charge in [0.2, 0.25) is 0 Å². The molecular formula is C61H37N. The lowest BCUT2D eigenvalue weighted by atomic mass is 9.83. The zero-order valence-corrected chi connectivity index (χ0v) is 33.8. The third kappa shape index (κ3) is 5.19. The molecule has 62 heavy (non-hydrogen) atoms. The maximum Gasteiger partial charge on any atom is 0.0794 e. The molecule has 1 heteroatoms. The molecule has 0 aliphatic rings. The fourth-order valence-corrected chi connectivity index (χ4v) is 10.5. The van der Waals surface area contributed by atoms with Crippen LogP contribution in [0, 0.1) is 0 Å². The van der Waals surface area contributed by atoms with E-state index in [0.717, 1.165) is 22.3 Å². The second-order valence-corrected chi connectivity index (χ2v) is 16.5. The third-order valence-corrected chi connectivity index (χ3v) is 13.2. The van der Waals surface area contributed by atoms with E-state index < -0.39 is 0 Å². The summed E-state index contributed by atoms with van der Waals surface area (Å²) in [7, 11) is 0. The van der Waals surface area contributed by atoms with E-state index in [1.807, 2.05) is 0 Å². The summed E-state index contributed by atoms with van der Waals surface area (Å²) < 4.78 is 0. The van der Waals surface area contributed by atoms with Gasteiger partial charge in [-0.05, 0) is 116 Å². The van der Waals surface area contributed by atoms with Crippen molar-refractivity contribution in [2.75, 3.05) is 0 Å². The number of hydrogen-bond acceptors (Lipinski definition) is 1. The fourth-order valence-electron chi connectivity index (χ4n) is 10.5. The van der Waals surface area contributed by atoms with Gasteiger partial charge in [-0.25, -0.2) is 4.98 Å². The van der Waals surface area contributed by atoms with Gasteiger partial charge in [0.1, 0.15) is 0 Å². The molecule has 13 rings (SSSR count). The number of nitrogens with zero attached hydrogens (tertiary/aromatic N) is 1. The van der Waals surface area contributed by atoms with E-state index >= 15 is 0 Å². The molecular weight excluding hydrogens is 747 g/mol. The van der Waals surface area contributed by atoms with Crippen LogP contribution in [0.1, 0.15) is 0 Å². The van der Waals surface area contributed by atoms with Gasteiger partial charge in [0.15, 0.2) is 0 Å². The number of pyridine rings is 1. The summed E-state index contributed by atoms with van der Waals surface area (Å²) in [5, 5.41) is 18.6. The minimum atomic E-state index is 0.999. The number of rotatable bonds is 4. The lowest BCUT2D eigenvalue weighted by Gasteiger charge is -2.20. The number of hydrogen-bond donors (Lipinski definition) is 0. The standard InChI is InChI=1S/C61H37N/c1-3-22-43-38(16-1)18-14-31-47(43)57-51-28-9-10-29-52(51)58(48-32-15-19-39-17-2-4-23-44(39)48)55-37-41(34-35-53(55)57)40-20-13-21-42(36-40)61-60-50-27-8-6-25-46(50)45-24-5-7-26-49(45)59(60)54-30-11-12-33-56(54)62-61/h1-37H. The Labute approximate surface area is 358 Å². The molecule has 0 N–H and O–H groups in total. The molecule has 1 heterocycles. The van der Waals surface area contributed by atoms with Crippen molar-refractivity contribution in [1.29, 1.82) is 0 Å². The largest absolute Gasteiger partial charge is 0.247 e. The van der Waals surface area contributed by atoms with Crippen molar-refractivity contribution in [3.05, 3.63) is 224 Å². The monoisotopic (exact) mass is 783 g/mol. The Kier molecular flexibility index (Phi) is 7.67. The van der Waals surface area contributed by atoms with E-state index in [9.17, 15) is 0 Å². The van der Waals surface area contributed by atoms with Gasteiger partial charge in [-0.3, -0.25) is 0 Å². The molecule has 0 aliphatic carbocycles. The van der Waals surface area contributed by atoms with Crippen LogP contribution in [-0.4, -0.2) is 4.98 Å². The zero-order valence-electron chi connectivity index (χ0n) is 33.8. The van der Waals surface area contributed by atoms with Crippen LogP contribution in [0.4, 0.5) is 0 Å². The molecule has 0 bridgehead atoms. The van der Waals surface area contributed by atoms with Crippen molar-refractivity contribution < 1.29 is 0 Å². The molecule has 0 atom stereocenters. The Bertz CT molecular complexity index is 3980. The first-order valence-electron chi connectivity index (χ1n) is 21.5. The fraction of sp³-hybridized carbons (Fsp3) is 0. The molecule has 0 amide bonds. The minimum absolute atomic E-state index is 0.999. The zero-order chi connectivity index (χ0) is 40.7. The highest BCUT2D eigenvalue weighted by atomic mass is 14.7. The maximum atomic E-state index is 5.50. The topological polar surface area (TPSA) is 12.9 Å². The lowest BCUT2D eigenvalue weighted by molar-refractivity contribution is 1.43. The number of aromatic nitrogens is 1. The molecule has 1 nitrogen and oxygen atoms in total. The quantitative estimate of drug-likeness (QED) is 0.128. The second kappa shape index (κ2) is 13.7. The van der Waals surface area contributed by atoms with Crippen LogP contribution in [-0.2, 0) is 0 Å². The van der Waals surface area contributed by atoms with E-state index in [1.165, 1.54) is 109 Å². The van der Waals surface area contributed by atoms with Crippen LogP contribution in [0.15, 0.2) is 224 Å². The first-order chi connectivity index (χ1) is 30.8. The van der Waals surface area contributed by atoms with Crippen molar-refractivity contribution in [2.24, 2.45) is 0 Å². The molecule has 0 spiro atoms. The smallest absolute Gasteiger partial charge is 0.0794 e. The highest BCUT2D eigenvalue weighted by Gasteiger charge is 2.21. The van der Waals surface area contributed by atoms with Gasteiger partial charge >= 0.3 is 0 Å². The van der Waals surface area contributed by atoms with Crippen molar-refractivity contribution >= 4 is 86.3 Å². The summed E-state index contributed by atoms with van der Waals surface area (Å²) >= 11 is 0. The molecule has 0 radical (unpaired) electrons. The molecule has 1 aromatic heterocycles. The first kappa shape index (κ1) is 34.7. The lowest BCUT2D eigenvalue weighted by Crippen LogP contribution is -1.94. The van der Waals surface area contributed by atoms with E-state index in [2.05, 4.69) is 224 Å². The predicted molar refractivity (Wildman–Crippen MR) is 266 cm³/mol. The molecule has 13 aromatic rings. The van der Waals surface area contributed by atoms with Crippen molar-refractivity contribution in [3.63, 3.8) is 0 Å². The molecule has 0 fully saturated rings. The van der Waals surface area contributed by atoms with Crippen molar-refractivity contribution in [3.8, 4) is 44.6 Å². The Morgan fingerprint density at radius 3 is 1.32 bits per heavy atom. The molecule has 0 unspecified atom stereocenters. The van der Waals surface area contributed by atoms with Crippen LogP contribution in [0.2, 0.25) is 0 Å². The molecule has 12 aromatic carbocycles. The van der Waals surface area contributed by atoms with Crippen molar-refractivity contribution in [1.82, 2.24) is 4.98 Å². The van der Waals surface area contributed by atoms with Gasteiger partial charge < -0.3 is 0 Å². The van der Waals surface area contributed by atoms with Crippen molar-refractivity contribution in [2.45, 2.75) is 0 Å². The van der Waals surface area contributed by atoms with Crippen LogP contribution in [0.25, 0.3) is 131 Å². The molecule has 0 aliphatic heterocycles. The summed E-state index contributed by atoms with van der Waals surface area (Å²) in [4.78, 5) is 5.50. The second-order valence-electron chi connectivity index (χ2n) is 16.5. The Hall–Kier alpha value is -8.13. The highest BCUT2D eigenvalue weighted by Crippen LogP contribution is 2.48. The average Bonchev–Trinajstić information content (AvgIpc) is 3.35. The average molecular weight is 784 g/mol. The Morgan fingerprint density at radius 1 is 0.242 bits per heavy atom. The number of para-hydroxylation sites is 1.